The zero-order valence-electron chi connectivity index (χ0n) is 18.7. The van der Waals surface area contributed by atoms with Crippen LogP contribution in [-0.4, -0.2) is 12.5 Å². The number of hydrogen-bond donors (Lipinski definition) is 1. The van der Waals surface area contributed by atoms with Crippen molar-refractivity contribution >= 4 is 46.7 Å². The molecule has 0 atom stereocenters. The van der Waals surface area contributed by atoms with E-state index in [4.69, 9.17) is 16.3 Å². The van der Waals surface area contributed by atoms with Crippen LogP contribution in [0, 0.1) is 0 Å². The molecule has 0 saturated heterocycles. The summed E-state index contributed by atoms with van der Waals surface area (Å²) in [5.74, 6) is 1.32. The van der Waals surface area contributed by atoms with Crippen LogP contribution in [0.15, 0.2) is 112 Å². The molecule has 0 aliphatic rings. The molecule has 0 spiro atoms. The highest BCUT2D eigenvalue weighted by Gasteiger charge is 2.13. The van der Waals surface area contributed by atoms with Crippen molar-refractivity contribution in [2.75, 3.05) is 11.9 Å². The van der Waals surface area contributed by atoms with Crippen LogP contribution in [0.1, 0.15) is 22.8 Å². The molecule has 0 heterocycles. The van der Waals surface area contributed by atoms with Gasteiger partial charge in [0.25, 0.3) is 5.91 Å². The van der Waals surface area contributed by atoms with Crippen molar-refractivity contribution in [3.63, 3.8) is 0 Å². The Bertz CT molecular complexity index is 1250. The number of amides is 1. The molecular weight excluding hydrogens is 482 g/mol. The molecular formula is C28H24ClNO2S2. The van der Waals surface area contributed by atoms with Crippen molar-refractivity contribution in [3.8, 4) is 5.75 Å². The number of halogens is 1. The van der Waals surface area contributed by atoms with Gasteiger partial charge in [0, 0.05) is 36.6 Å². The molecule has 0 unspecified atom stereocenters. The summed E-state index contributed by atoms with van der Waals surface area (Å²) in [6, 6.07) is 31.3. The lowest BCUT2D eigenvalue weighted by molar-refractivity contribution is 0.102. The Labute approximate surface area is 213 Å². The van der Waals surface area contributed by atoms with E-state index in [1.807, 2.05) is 91.9 Å². The number of anilines is 1. The molecule has 0 aliphatic carbocycles. The van der Waals surface area contributed by atoms with Crippen LogP contribution in [0.25, 0.3) is 0 Å². The summed E-state index contributed by atoms with van der Waals surface area (Å²) in [4.78, 5) is 16.4. The molecule has 6 heteroatoms. The predicted octanol–water partition coefficient (Wildman–Crippen LogP) is 8.43. The van der Waals surface area contributed by atoms with Gasteiger partial charge in [0.1, 0.15) is 5.75 Å². The minimum absolute atomic E-state index is 0.151. The minimum atomic E-state index is -0.151. The van der Waals surface area contributed by atoms with Crippen molar-refractivity contribution in [2.24, 2.45) is 0 Å². The van der Waals surface area contributed by atoms with E-state index in [0.717, 1.165) is 31.7 Å². The largest absolute Gasteiger partial charge is 0.494 e. The smallest absolute Gasteiger partial charge is 0.255 e. The average Bonchev–Trinajstić information content (AvgIpc) is 2.86. The summed E-state index contributed by atoms with van der Waals surface area (Å²) in [6.07, 6.45) is 0. The molecule has 1 amide bonds. The number of thioether (sulfide) groups is 1. The third-order valence-corrected chi connectivity index (χ3v) is 7.33. The molecule has 3 nitrogen and oxygen atoms in total. The van der Waals surface area contributed by atoms with Crippen molar-refractivity contribution < 1.29 is 9.53 Å². The average molecular weight is 506 g/mol. The van der Waals surface area contributed by atoms with Gasteiger partial charge in [0.15, 0.2) is 0 Å². The van der Waals surface area contributed by atoms with Crippen LogP contribution in [0.2, 0.25) is 5.02 Å². The summed E-state index contributed by atoms with van der Waals surface area (Å²) < 4.78 is 5.81. The minimum Gasteiger partial charge on any atom is -0.494 e. The van der Waals surface area contributed by atoms with Crippen LogP contribution >= 0.6 is 35.1 Å². The maximum Gasteiger partial charge on any atom is 0.255 e. The molecule has 0 bridgehead atoms. The number of benzene rings is 4. The molecule has 4 aromatic rings. The van der Waals surface area contributed by atoms with E-state index in [1.165, 1.54) is 0 Å². The summed E-state index contributed by atoms with van der Waals surface area (Å²) in [6.45, 7) is 2.52. The van der Waals surface area contributed by atoms with Gasteiger partial charge >= 0.3 is 0 Å². The van der Waals surface area contributed by atoms with Crippen molar-refractivity contribution in [1.82, 2.24) is 0 Å². The maximum absolute atomic E-state index is 13.2. The predicted molar refractivity (Wildman–Crippen MR) is 144 cm³/mol. The summed E-state index contributed by atoms with van der Waals surface area (Å²) in [5, 5.41) is 3.80. The Morgan fingerprint density at radius 3 is 2.38 bits per heavy atom. The molecule has 0 aliphatic heterocycles. The molecule has 0 radical (unpaired) electrons. The quantitative estimate of drug-likeness (QED) is 0.231. The highest BCUT2D eigenvalue weighted by molar-refractivity contribution is 7.99. The SMILES string of the molecule is CCOc1ccc(C(=O)Nc2ccccc2Sc2ccccc2)cc1CSc1ccc(Cl)cc1. The maximum atomic E-state index is 13.2. The normalized spacial score (nSPS) is 10.6. The first kappa shape index (κ1) is 24.3. The molecule has 1 N–H and O–H groups in total. The fourth-order valence-electron chi connectivity index (χ4n) is 3.29. The van der Waals surface area contributed by atoms with Gasteiger partial charge in [-0.25, -0.2) is 0 Å². The monoisotopic (exact) mass is 505 g/mol. The number of hydrogen-bond acceptors (Lipinski definition) is 4. The Balaban J connectivity index is 1.52. The Kier molecular flexibility index (Phi) is 8.58. The number of carbonyl (C=O) groups excluding carboxylic acids is 1. The van der Waals surface area contributed by atoms with Gasteiger partial charge in [0.05, 0.1) is 12.3 Å². The lowest BCUT2D eigenvalue weighted by Crippen LogP contribution is -2.13. The van der Waals surface area contributed by atoms with Crippen LogP contribution in [0.3, 0.4) is 0 Å². The third kappa shape index (κ3) is 6.60. The molecule has 0 aromatic heterocycles. The van der Waals surface area contributed by atoms with E-state index >= 15 is 0 Å². The van der Waals surface area contributed by atoms with Crippen molar-refractivity contribution in [3.05, 3.63) is 113 Å². The second-order valence-corrected chi connectivity index (χ2v) is 9.96. The Morgan fingerprint density at radius 2 is 1.62 bits per heavy atom. The Morgan fingerprint density at radius 1 is 0.882 bits per heavy atom. The van der Waals surface area contributed by atoms with E-state index in [-0.39, 0.29) is 5.91 Å². The van der Waals surface area contributed by atoms with Gasteiger partial charge in [0.2, 0.25) is 0 Å². The topological polar surface area (TPSA) is 38.3 Å². The number of carbonyl (C=O) groups is 1. The first-order chi connectivity index (χ1) is 16.6. The van der Waals surface area contributed by atoms with Gasteiger partial charge in [-0.05, 0) is 73.7 Å². The molecule has 172 valence electrons. The van der Waals surface area contributed by atoms with E-state index < -0.39 is 0 Å². The lowest BCUT2D eigenvalue weighted by atomic mass is 10.1. The molecule has 0 saturated carbocycles. The summed E-state index contributed by atoms with van der Waals surface area (Å²) in [5.41, 5.74) is 2.35. The summed E-state index contributed by atoms with van der Waals surface area (Å²) in [7, 11) is 0. The van der Waals surface area contributed by atoms with Gasteiger partial charge in [-0.3, -0.25) is 4.79 Å². The summed E-state index contributed by atoms with van der Waals surface area (Å²) >= 11 is 9.30. The second kappa shape index (κ2) is 12.0. The number of rotatable bonds is 9. The van der Waals surface area contributed by atoms with Crippen molar-refractivity contribution in [2.45, 2.75) is 27.4 Å². The first-order valence-corrected chi connectivity index (χ1v) is 13.1. The highest BCUT2D eigenvalue weighted by Crippen LogP contribution is 2.34. The first-order valence-electron chi connectivity index (χ1n) is 10.9. The van der Waals surface area contributed by atoms with Gasteiger partial charge in [-0.1, -0.05) is 53.7 Å². The van der Waals surface area contributed by atoms with Crippen LogP contribution in [-0.2, 0) is 5.75 Å². The van der Waals surface area contributed by atoms with Gasteiger partial charge in [-0.15, -0.1) is 11.8 Å². The fourth-order valence-corrected chi connectivity index (χ4v) is 5.22. The zero-order valence-corrected chi connectivity index (χ0v) is 21.1. The Hall–Kier alpha value is -2.86. The third-order valence-electron chi connectivity index (χ3n) is 4.94. The van der Waals surface area contributed by atoms with Gasteiger partial charge in [-0.2, -0.15) is 0 Å². The van der Waals surface area contributed by atoms with Gasteiger partial charge < -0.3 is 10.1 Å². The van der Waals surface area contributed by atoms with Crippen LogP contribution in [0.4, 0.5) is 5.69 Å². The van der Waals surface area contributed by atoms with Crippen LogP contribution < -0.4 is 10.1 Å². The van der Waals surface area contributed by atoms with Crippen LogP contribution in [0.5, 0.6) is 5.75 Å². The number of ether oxygens (including phenoxy) is 1. The van der Waals surface area contributed by atoms with E-state index in [0.29, 0.717) is 22.9 Å². The van der Waals surface area contributed by atoms with Crippen molar-refractivity contribution in [1.29, 1.82) is 0 Å². The van der Waals surface area contributed by atoms with E-state index in [9.17, 15) is 4.79 Å². The standard InChI is InChI=1S/C28H24ClNO2S2/c1-2-32-26-17-12-20(18-21(26)19-33-23-15-13-22(29)14-16-23)28(31)30-25-10-6-7-11-27(25)34-24-8-4-3-5-9-24/h3-18H,2,19H2,1H3,(H,30,31). The van der Waals surface area contributed by atoms with E-state index in [1.54, 1.807) is 23.5 Å². The molecule has 34 heavy (non-hydrogen) atoms. The molecule has 4 aromatic carbocycles. The molecule has 4 rings (SSSR count). The number of para-hydroxylation sites is 1. The number of nitrogens with one attached hydrogen (secondary N) is 1. The zero-order chi connectivity index (χ0) is 23.8. The van der Waals surface area contributed by atoms with E-state index in [2.05, 4.69) is 17.4 Å². The molecule has 0 fully saturated rings. The highest BCUT2D eigenvalue weighted by atomic mass is 35.5. The second-order valence-electron chi connectivity index (χ2n) is 7.36. The fraction of sp³-hybridized carbons (Fsp3) is 0.107. The lowest BCUT2D eigenvalue weighted by Gasteiger charge is -2.14.